The van der Waals surface area contributed by atoms with Gasteiger partial charge in [-0.05, 0) is 6.92 Å². The SMILES string of the molecule is Cc1nc(CCNC(=O)C2COCCN2)cs1.Cl.Cl. The van der Waals surface area contributed by atoms with Gasteiger partial charge in [0.05, 0.1) is 23.9 Å². The maximum atomic E-state index is 11.7. The van der Waals surface area contributed by atoms with E-state index in [1.54, 1.807) is 11.3 Å². The monoisotopic (exact) mass is 327 g/mol. The van der Waals surface area contributed by atoms with Crippen LogP contribution in [-0.4, -0.2) is 43.2 Å². The molecule has 1 amide bonds. The Morgan fingerprint density at radius 2 is 2.42 bits per heavy atom. The van der Waals surface area contributed by atoms with Crippen molar-refractivity contribution in [3.05, 3.63) is 16.1 Å². The van der Waals surface area contributed by atoms with Crippen molar-refractivity contribution in [3.8, 4) is 0 Å². The van der Waals surface area contributed by atoms with Crippen LogP contribution in [0.2, 0.25) is 0 Å². The molecule has 0 aromatic carbocycles. The van der Waals surface area contributed by atoms with Gasteiger partial charge in [0.15, 0.2) is 0 Å². The van der Waals surface area contributed by atoms with Crippen molar-refractivity contribution in [2.24, 2.45) is 0 Å². The van der Waals surface area contributed by atoms with Crippen molar-refractivity contribution in [2.75, 3.05) is 26.3 Å². The van der Waals surface area contributed by atoms with Gasteiger partial charge in [-0.2, -0.15) is 0 Å². The Kier molecular flexibility index (Phi) is 9.30. The Hall–Kier alpha value is -0.400. The Bertz CT molecular complexity index is 384. The summed E-state index contributed by atoms with van der Waals surface area (Å²) in [4.78, 5) is 16.1. The van der Waals surface area contributed by atoms with E-state index in [1.807, 2.05) is 12.3 Å². The van der Waals surface area contributed by atoms with Crippen LogP contribution in [0.25, 0.3) is 0 Å². The van der Waals surface area contributed by atoms with Gasteiger partial charge in [-0.3, -0.25) is 4.79 Å². The van der Waals surface area contributed by atoms with Crippen LogP contribution in [-0.2, 0) is 16.0 Å². The summed E-state index contributed by atoms with van der Waals surface area (Å²) in [7, 11) is 0. The molecule has 0 spiro atoms. The number of carbonyl (C=O) groups is 1. The molecule has 1 aliphatic heterocycles. The van der Waals surface area contributed by atoms with Crippen molar-refractivity contribution >= 4 is 42.1 Å². The van der Waals surface area contributed by atoms with E-state index in [0.717, 1.165) is 23.7 Å². The molecule has 1 aromatic heterocycles. The van der Waals surface area contributed by atoms with Crippen LogP contribution in [0.4, 0.5) is 0 Å². The number of aryl methyl sites for hydroxylation is 1. The molecule has 0 bridgehead atoms. The number of ether oxygens (including phenoxy) is 1. The summed E-state index contributed by atoms with van der Waals surface area (Å²) in [5.41, 5.74) is 1.04. The van der Waals surface area contributed by atoms with Crippen molar-refractivity contribution in [2.45, 2.75) is 19.4 Å². The lowest BCUT2D eigenvalue weighted by Crippen LogP contribution is -2.51. The predicted molar refractivity (Wildman–Crippen MR) is 80.7 cm³/mol. The first-order valence-corrected chi connectivity index (χ1v) is 6.63. The average Bonchev–Trinajstić information content (AvgIpc) is 2.76. The third kappa shape index (κ3) is 6.05. The van der Waals surface area contributed by atoms with Crippen LogP contribution < -0.4 is 10.6 Å². The van der Waals surface area contributed by atoms with Gasteiger partial charge in [-0.1, -0.05) is 0 Å². The summed E-state index contributed by atoms with van der Waals surface area (Å²) < 4.78 is 5.24. The number of thiazole rings is 1. The van der Waals surface area contributed by atoms with E-state index in [0.29, 0.717) is 19.8 Å². The molecular weight excluding hydrogens is 309 g/mol. The molecule has 1 aliphatic rings. The van der Waals surface area contributed by atoms with E-state index in [1.165, 1.54) is 0 Å². The smallest absolute Gasteiger partial charge is 0.239 e. The van der Waals surface area contributed by atoms with Gasteiger partial charge in [0.1, 0.15) is 6.04 Å². The molecule has 2 rings (SSSR count). The zero-order chi connectivity index (χ0) is 12.1. The molecule has 1 aromatic rings. The zero-order valence-corrected chi connectivity index (χ0v) is 13.1. The minimum Gasteiger partial charge on any atom is -0.378 e. The highest BCUT2D eigenvalue weighted by Gasteiger charge is 2.20. The van der Waals surface area contributed by atoms with E-state index >= 15 is 0 Å². The van der Waals surface area contributed by atoms with Gasteiger partial charge in [0.25, 0.3) is 0 Å². The van der Waals surface area contributed by atoms with Crippen molar-refractivity contribution < 1.29 is 9.53 Å². The first-order valence-electron chi connectivity index (χ1n) is 5.75. The predicted octanol–water partition coefficient (Wildman–Crippen LogP) is 0.942. The molecule has 2 heterocycles. The van der Waals surface area contributed by atoms with E-state index < -0.39 is 0 Å². The van der Waals surface area contributed by atoms with Crippen LogP contribution in [0, 0.1) is 6.92 Å². The molecule has 2 N–H and O–H groups in total. The van der Waals surface area contributed by atoms with Crippen molar-refractivity contribution in [1.82, 2.24) is 15.6 Å². The second kappa shape index (κ2) is 9.50. The molecule has 1 fully saturated rings. The molecule has 8 heteroatoms. The molecule has 0 saturated carbocycles. The maximum absolute atomic E-state index is 11.7. The van der Waals surface area contributed by atoms with Crippen LogP contribution in [0.1, 0.15) is 10.7 Å². The molecule has 110 valence electrons. The first-order chi connectivity index (χ1) is 8.25. The highest BCUT2D eigenvalue weighted by Crippen LogP contribution is 2.07. The number of aromatic nitrogens is 1. The topological polar surface area (TPSA) is 63.2 Å². The standard InChI is InChI=1S/C11H17N3O2S.2ClH/c1-8-14-9(7-17-8)2-3-13-11(15)10-6-16-5-4-12-10;;/h7,10,12H,2-6H2,1H3,(H,13,15);2*1H. The van der Waals surface area contributed by atoms with Crippen LogP contribution >= 0.6 is 36.2 Å². The highest BCUT2D eigenvalue weighted by atomic mass is 35.5. The maximum Gasteiger partial charge on any atom is 0.239 e. The normalized spacial score (nSPS) is 18.1. The number of carbonyl (C=O) groups excluding carboxylic acids is 1. The molecule has 0 aliphatic carbocycles. The van der Waals surface area contributed by atoms with E-state index in [2.05, 4.69) is 15.6 Å². The quantitative estimate of drug-likeness (QED) is 0.864. The summed E-state index contributed by atoms with van der Waals surface area (Å²) in [5, 5.41) is 9.11. The molecular formula is C11H19Cl2N3O2S. The number of amides is 1. The number of nitrogens with one attached hydrogen (secondary N) is 2. The Labute approximate surface area is 129 Å². The number of morpholine rings is 1. The van der Waals surface area contributed by atoms with Crippen LogP contribution in [0.3, 0.4) is 0 Å². The fraction of sp³-hybridized carbons (Fsp3) is 0.636. The minimum absolute atomic E-state index is 0. The summed E-state index contributed by atoms with van der Waals surface area (Å²) in [6.07, 6.45) is 0.781. The van der Waals surface area contributed by atoms with E-state index in [-0.39, 0.29) is 36.8 Å². The van der Waals surface area contributed by atoms with Gasteiger partial charge in [0, 0.05) is 24.9 Å². The Morgan fingerprint density at radius 1 is 1.63 bits per heavy atom. The third-order valence-electron chi connectivity index (χ3n) is 2.59. The summed E-state index contributed by atoms with van der Waals surface area (Å²) in [5.74, 6) is 0.0108. The average molecular weight is 328 g/mol. The number of nitrogens with zero attached hydrogens (tertiary/aromatic N) is 1. The second-order valence-electron chi connectivity index (χ2n) is 3.98. The molecule has 19 heavy (non-hydrogen) atoms. The first kappa shape index (κ1) is 18.6. The third-order valence-corrected chi connectivity index (χ3v) is 3.41. The van der Waals surface area contributed by atoms with Gasteiger partial charge in [-0.25, -0.2) is 4.98 Å². The zero-order valence-electron chi connectivity index (χ0n) is 10.7. The molecule has 1 unspecified atom stereocenters. The Morgan fingerprint density at radius 3 is 3.00 bits per heavy atom. The van der Waals surface area contributed by atoms with Gasteiger partial charge in [-0.15, -0.1) is 36.2 Å². The van der Waals surface area contributed by atoms with Crippen LogP contribution in [0.15, 0.2) is 5.38 Å². The lowest BCUT2D eigenvalue weighted by Gasteiger charge is -2.22. The summed E-state index contributed by atoms with van der Waals surface area (Å²) in [6, 6.07) is -0.207. The van der Waals surface area contributed by atoms with Gasteiger partial charge < -0.3 is 15.4 Å². The molecule has 1 saturated heterocycles. The number of hydrogen-bond acceptors (Lipinski definition) is 5. The molecule has 1 atom stereocenters. The molecule has 0 radical (unpaired) electrons. The number of rotatable bonds is 4. The Balaban J connectivity index is 0.00000162. The summed E-state index contributed by atoms with van der Waals surface area (Å²) in [6.45, 7) is 4.49. The minimum atomic E-state index is -0.207. The number of halogens is 2. The lowest BCUT2D eigenvalue weighted by molar-refractivity contribution is -0.125. The van der Waals surface area contributed by atoms with Crippen LogP contribution in [0.5, 0.6) is 0 Å². The van der Waals surface area contributed by atoms with E-state index in [4.69, 9.17) is 4.74 Å². The molecule has 5 nitrogen and oxygen atoms in total. The van der Waals surface area contributed by atoms with Crippen molar-refractivity contribution in [3.63, 3.8) is 0 Å². The largest absolute Gasteiger partial charge is 0.378 e. The summed E-state index contributed by atoms with van der Waals surface area (Å²) >= 11 is 1.64. The van der Waals surface area contributed by atoms with Crippen molar-refractivity contribution in [1.29, 1.82) is 0 Å². The second-order valence-corrected chi connectivity index (χ2v) is 5.04. The highest BCUT2D eigenvalue weighted by molar-refractivity contribution is 7.09. The fourth-order valence-corrected chi connectivity index (χ4v) is 2.34. The van der Waals surface area contributed by atoms with E-state index in [9.17, 15) is 4.79 Å². The van der Waals surface area contributed by atoms with Gasteiger partial charge >= 0.3 is 0 Å². The van der Waals surface area contributed by atoms with Gasteiger partial charge in [0.2, 0.25) is 5.91 Å². The number of hydrogen-bond donors (Lipinski definition) is 2. The fourth-order valence-electron chi connectivity index (χ4n) is 1.69. The lowest BCUT2D eigenvalue weighted by atomic mass is 10.2.